The van der Waals surface area contributed by atoms with E-state index in [1.54, 1.807) is 18.2 Å². The number of rotatable bonds is 13. The average molecular weight is 643 g/mol. The second kappa shape index (κ2) is 13.9. The normalized spacial score (nSPS) is 13.2. The number of aromatic nitrogens is 1. The molecule has 1 amide bonds. The number of para-hydroxylation sites is 1. The van der Waals surface area contributed by atoms with Crippen LogP contribution in [0.4, 0.5) is 5.69 Å². The fraction of sp³-hybridized carbons (Fsp3) is 0.286. The van der Waals surface area contributed by atoms with Crippen LogP contribution in [0.5, 0.6) is 0 Å². The zero-order valence-corrected chi connectivity index (χ0v) is 27.5. The Balaban J connectivity index is 1.44. The van der Waals surface area contributed by atoms with E-state index in [0.717, 1.165) is 26.9 Å². The zero-order valence-electron chi connectivity index (χ0n) is 25.9. The summed E-state index contributed by atoms with van der Waals surface area (Å²) in [4.78, 5) is 34.3. The lowest BCUT2D eigenvalue weighted by atomic mass is 10.00. The van der Waals surface area contributed by atoms with Gasteiger partial charge in [-0.2, -0.15) is 4.72 Å². The molecule has 5 rings (SSSR count). The molecule has 0 aliphatic heterocycles. The Morgan fingerprint density at radius 2 is 1.53 bits per heavy atom. The monoisotopic (exact) mass is 642 g/mol. The van der Waals surface area contributed by atoms with Gasteiger partial charge in [-0.05, 0) is 55.0 Å². The molecule has 45 heavy (non-hydrogen) atoms. The summed E-state index contributed by atoms with van der Waals surface area (Å²) >= 11 is 1.29. The van der Waals surface area contributed by atoms with Crippen molar-refractivity contribution in [3.05, 3.63) is 102 Å². The standard InChI is InChI=1S/C35H38N4O4S2/c1-23(2)22-29(38-45(42,43)32-19-11-14-25-26(32)15-10-17-30(25)39(3)4)34(41)36-28(21-20-24-12-6-5-7-13-24)33(40)35-37-27-16-8-9-18-31(27)44-35/h5-19,23,28-29,38H,20-22H2,1-4H3,(H,36,41)/t28?,29-/m0/s1. The minimum absolute atomic E-state index is 0.000886. The lowest BCUT2D eigenvalue weighted by Crippen LogP contribution is -2.52. The number of sulfonamides is 1. The molecular weight excluding hydrogens is 605 g/mol. The van der Waals surface area contributed by atoms with Crippen molar-refractivity contribution in [1.82, 2.24) is 15.0 Å². The van der Waals surface area contributed by atoms with Crippen LogP contribution in [0.15, 0.2) is 95.9 Å². The molecule has 0 fully saturated rings. The van der Waals surface area contributed by atoms with E-state index in [9.17, 15) is 18.0 Å². The average Bonchev–Trinajstić information content (AvgIpc) is 3.46. The Hall–Kier alpha value is -4.12. The zero-order chi connectivity index (χ0) is 32.1. The Morgan fingerprint density at radius 3 is 2.24 bits per heavy atom. The lowest BCUT2D eigenvalue weighted by Gasteiger charge is -2.24. The van der Waals surface area contributed by atoms with Gasteiger partial charge in [-0.15, -0.1) is 11.3 Å². The molecule has 8 nitrogen and oxygen atoms in total. The van der Waals surface area contributed by atoms with Crippen molar-refractivity contribution in [2.45, 2.75) is 50.1 Å². The Kier molecular flexibility index (Phi) is 9.96. The van der Waals surface area contributed by atoms with Gasteiger partial charge in [-0.25, -0.2) is 13.4 Å². The molecule has 0 saturated carbocycles. The van der Waals surface area contributed by atoms with Crippen molar-refractivity contribution in [3.8, 4) is 0 Å². The van der Waals surface area contributed by atoms with Crippen LogP contribution in [0.2, 0.25) is 0 Å². The number of nitrogens with zero attached hydrogens (tertiary/aromatic N) is 2. The maximum absolute atomic E-state index is 13.9. The molecule has 0 bridgehead atoms. The highest BCUT2D eigenvalue weighted by Gasteiger charge is 2.32. The molecule has 1 unspecified atom stereocenters. The summed E-state index contributed by atoms with van der Waals surface area (Å²) in [6.45, 7) is 3.85. The third-order valence-electron chi connectivity index (χ3n) is 7.65. The van der Waals surface area contributed by atoms with Crippen molar-refractivity contribution in [2.24, 2.45) is 5.92 Å². The van der Waals surface area contributed by atoms with Crippen LogP contribution < -0.4 is 14.9 Å². The molecule has 0 aliphatic carbocycles. The summed E-state index contributed by atoms with van der Waals surface area (Å²) in [5.41, 5.74) is 2.63. The summed E-state index contributed by atoms with van der Waals surface area (Å²) in [7, 11) is -0.317. The number of hydrogen-bond acceptors (Lipinski definition) is 7. The van der Waals surface area contributed by atoms with Gasteiger partial charge in [0.25, 0.3) is 0 Å². The van der Waals surface area contributed by atoms with E-state index in [-0.39, 0.29) is 23.0 Å². The largest absolute Gasteiger partial charge is 0.377 e. The van der Waals surface area contributed by atoms with Gasteiger partial charge in [-0.1, -0.05) is 80.6 Å². The van der Waals surface area contributed by atoms with Crippen molar-refractivity contribution in [2.75, 3.05) is 19.0 Å². The minimum atomic E-state index is -4.12. The van der Waals surface area contributed by atoms with Crippen LogP contribution in [-0.4, -0.2) is 51.3 Å². The van der Waals surface area contributed by atoms with Crippen LogP contribution in [0.3, 0.4) is 0 Å². The molecule has 234 valence electrons. The molecule has 5 aromatic rings. The number of fused-ring (bicyclic) bond motifs is 2. The summed E-state index contributed by atoms with van der Waals surface area (Å²) < 4.78 is 31.4. The van der Waals surface area contributed by atoms with E-state index in [4.69, 9.17) is 0 Å². The van der Waals surface area contributed by atoms with Crippen molar-refractivity contribution in [3.63, 3.8) is 0 Å². The van der Waals surface area contributed by atoms with Gasteiger partial charge in [0, 0.05) is 30.6 Å². The number of hydrogen-bond donors (Lipinski definition) is 2. The highest BCUT2D eigenvalue weighted by molar-refractivity contribution is 7.89. The lowest BCUT2D eigenvalue weighted by molar-refractivity contribution is -0.123. The Labute approximate surface area is 268 Å². The van der Waals surface area contributed by atoms with E-state index < -0.39 is 28.0 Å². The molecule has 0 spiro atoms. The number of ketones is 1. The predicted molar refractivity (Wildman–Crippen MR) is 182 cm³/mol. The van der Waals surface area contributed by atoms with Crippen LogP contribution in [0, 0.1) is 5.92 Å². The van der Waals surface area contributed by atoms with Gasteiger partial charge in [-0.3, -0.25) is 9.59 Å². The van der Waals surface area contributed by atoms with Gasteiger partial charge >= 0.3 is 0 Å². The molecule has 0 saturated heterocycles. The third-order valence-corrected chi connectivity index (χ3v) is 10.2. The van der Waals surface area contributed by atoms with E-state index in [2.05, 4.69) is 15.0 Å². The Morgan fingerprint density at radius 1 is 0.844 bits per heavy atom. The van der Waals surface area contributed by atoms with Crippen LogP contribution in [-0.2, 0) is 21.2 Å². The van der Waals surface area contributed by atoms with E-state index in [0.29, 0.717) is 23.2 Å². The quantitative estimate of drug-likeness (QED) is 0.148. The third kappa shape index (κ3) is 7.58. The summed E-state index contributed by atoms with van der Waals surface area (Å²) in [5, 5.41) is 4.57. The maximum Gasteiger partial charge on any atom is 0.241 e. The van der Waals surface area contributed by atoms with Gasteiger partial charge in [0.2, 0.25) is 21.7 Å². The van der Waals surface area contributed by atoms with Gasteiger partial charge in [0.05, 0.1) is 21.2 Å². The maximum atomic E-state index is 13.9. The fourth-order valence-corrected chi connectivity index (χ4v) is 7.83. The molecular formula is C35H38N4O4S2. The Bertz CT molecular complexity index is 1890. The number of nitrogens with one attached hydrogen (secondary N) is 2. The number of Topliss-reactive ketones (excluding diaryl/α,β-unsaturated/α-hetero) is 1. The van der Waals surface area contributed by atoms with Gasteiger partial charge in [0.1, 0.15) is 6.04 Å². The molecule has 2 atom stereocenters. The molecule has 10 heteroatoms. The first-order valence-electron chi connectivity index (χ1n) is 15.0. The molecule has 4 aromatic carbocycles. The van der Waals surface area contributed by atoms with Gasteiger partial charge < -0.3 is 10.2 Å². The number of aryl methyl sites for hydroxylation is 1. The molecule has 2 N–H and O–H groups in total. The first-order chi connectivity index (χ1) is 21.5. The summed E-state index contributed by atoms with van der Waals surface area (Å²) in [6.07, 6.45) is 1.13. The second-order valence-electron chi connectivity index (χ2n) is 11.8. The molecule has 1 aromatic heterocycles. The fourth-order valence-electron chi connectivity index (χ4n) is 5.44. The van der Waals surface area contributed by atoms with Crippen molar-refractivity contribution >= 4 is 59.7 Å². The molecule has 0 radical (unpaired) electrons. The van der Waals surface area contributed by atoms with Crippen molar-refractivity contribution in [1.29, 1.82) is 0 Å². The smallest absolute Gasteiger partial charge is 0.241 e. The number of thiazole rings is 1. The van der Waals surface area contributed by atoms with Crippen molar-refractivity contribution < 1.29 is 18.0 Å². The number of carbonyl (C=O) groups is 2. The second-order valence-corrected chi connectivity index (χ2v) is 14.5. The van der Waals surface area contributed by atoms with Crippen LogP contribution >= 0.6 is 11.3 Å². The summed E-state index contributed by atoms with van der Waals surface area (Å²) in [6, 6.07) is 25.9. The first kappa shape index (κ1) is 32.3. The SMILES string of the molecule is CC(C)C[C@H](NS(=O)(=O)c1cccc2c(N(C)C)cccc12)C(=O)NC(CCc1ccccc1)C(=O)c1nc2ccccc2s1. The number of benzene rings is 4. The van der Waals surface area contributed by atoms with E-state index >= 15 is 0 Å². The number of amides is 1. The summed E-state index contributed by atoms with van der Waals surface area (Å²) in [5.74, 6) is -0.843. The topological polar surface area (TPSA) is 108 Å². The highest BCUT2D eigenvalue weighted by atomic mass is 32.2. The first-order valence-corrected chi connectivity index (χ1v) is 17.3. The van der Waals surface area contributed by atoms with E-state index in [1.165, 1.54) is 11.3 Å². The number of carbonyl (C=O) groups excluding carboxylic acids is 2. The van der Waals surface area contributed by atoms with E-state index in [1.807, 2.05) is 106 Å². The van der Waals surface area contributed by atoms with Gasteiger partial charge in [0.15, 0.2) is 5.01 Å². The van der Waals surface area contributed by atoms with Crippen LogP contribution in [0.1, 0.15) is 42.1 Å². The molecule has 0 aliphatic rings. The predicted octanol–water partition coefficient (Wildman–Crippen LogP) is 6.21. The minimum Gasteiger partial charge on any atom is -0.377 e. The molecule has 1 heterocycles. The highest BCUT2D eigenvalue weighted by Crippen LogP contribution is 2.30. The van der Waals surface area contributed by atoms with Crippen LogP contribution in [0.25, 0.3) is 21.0 Å². The number of anilines is 1.